The Hall–Kier alpha value is -5.02. The summed E-state index contributed by atoms with van der Waals surface area (Å²) in [6, 6.07) is 9.17. The molecule has 1 aromatic heterocycles. The molecule has 5 atom stereocenters. The van der Waals surface area contributed by atoms with Crippen LogP contribution in [-0.4, -0.2) is 83.0 Å². The summed E-state index contributed by atoms with van der Waals surface area (Å²) in [6.45, 7) is -0.845. The van der Waals surface area contributed by atoms with Crippen LogP contribution in [0.1, 0.15) is 22.0 Å². The summed E-state index contributed by atoms with van der Waals surface area (Å²) >= 11 is 0. The second-order valence-electron chi connectivity index (χ2n) is 9.54. The molecule has 1 fully saturated rings. The van der Waals surface area contributed by atoms with Crippen molar-refractivity contribution in [2.24, 2.45) is 0 Å². The number of fused-ring (bicyclic) bond motifs is 1. The van der Waals surface area contributed by atoms with E-state index in [0.717, 1.165) is 24.3 Å². The Morgan fingerprint density at radius 2 is 1.48 bits per heavy atom. The Kier molecular flexibility index (Phi) is 7.30. The maximum atomic E-state index is 13.1. The molecule has 2 heterocycles. The SMILES string of the molecule is O=C(OC1C(c2c(O)cc3oc(-c4ccc(O)cc4)cc(=O)c3c2O)OC(CO)C(O)C1O)c1cc(O)c(O)c(O)c1. The number of hydrogen-bond donors (Lipinski definition) is 9. The number of phenolic OH excluding ortho intramolecular Hbond substituents is 6. The monoisotopic (exact) mass is 584 g/mol. The van der Waals surface area contributed by atoms with Gasteiger partial charge < -0.3 is 59.8 Å². The van der Waals surface area contributed by atoms with Gasteiger partial charge in [0, 0.05) is 17.7 Å². The summed E-state index contributed by atoms with van der Waals surface area (Å²) in [5, 5.41) is 91.2. The molecule has 3 aromatic carbocycles. The number of benzene rings is 3. The highest BCUT2D eigenvalue weighted by atomic mass is 16.6. The molecule has 0 spiro atoms. The molecule has 42 heavy (non-hydrogen) atoms. The molecule has 0 bridgehead atoms. The lowest BCUT2D eigenvalue weighted by atomic mass is 9.89. The molecule has 0 radical (unpaired) electrons. The number of rotatable bonds is 5. The van der Waals surface area contributed by atoms with Crippen molar-refractivity contribution in [1.29, 1.82) is 0 Å². The number of esters is 1. The lowest BCUT2D eigenvalue weighted by molar-refractivity contribution is -0.232. The molecule has 220 valence electrons. The van der Waals surface area contributed by atoms with E-state index in [9.17, 15) is 55.5 Å². The van der Waals surface area contributed by atoms with Gasteiger partial charge in [0.15, 0.2) is 28.8 Å². The number of hydrogen-bond acceptors (Lipinski definition) is 14. The molecule has 1 saturated heterocycles. The predicted molar refractivity (Wildman–Crippen MR) is 140 cm³/mol. The molecule has 5 rings (SSSR count). The maximum Gasteiger partial charge on any atom is 0.338 e. The van der Waals surface area contributed by atoms with E-state index in [4.69, 9.17) is 13.9 Å². The molecule has 1 aliphatic heterocycles. The molecule has 0 amide bonds. The summed E-state index contributed by atoms with van der Waals surface area (Å²) in [5.41, 5.74) is -1.68. The van der Waals surface area contributed by atoms with Crippen molar-refractivity contribution in [3.05, 3.63) is 69.9 Å². The maximum absolute atomic E-state index is 13.1. The van der Waals surface area contributed by atoms with Gasteiger partial charge in [-0.25, -0.2) is 4.79 Å². The molecular formula is C28H24O14. The summed E-state index contributed by atoms with van der Waals surface area (Å²) < 4.78 is 16.6. The van der Waals surface area contributed by atoms with E-state index in [1.807, 2.05) is 0 Å². The first kappa shape index (κ1) is 28.5. The van der Waals surface area contributed by atoms with Gasteiger partial charge >= 0.3 is 5.97 Å². The number of ether oxygens (including phenoxy) is 2. The summed E-state index contributed by atoms with van der Waals surface area (Å²) in [6.07, 6.45) is -8.99. The van der Waals surface area contributed by atoms with Crippen molar-refractivity contribution < 1.29 is 64.6 Å². The minimum Gasteiger partial charge on any atom is -0.508 e. The van der Waals surface area contributed by atoms with Crippen molar-refractivity contribution in [1.82, 2.24) is 0 Å². The molecule has 14 heteroatoms. The fraction of sp³-hybridized carbons (Fsp3) is 0.214. The fourth-order valence-corrected chi connectivity index (χ4v) is 4.72. The van der Waals surface area contributed by atoms with E-state index in [2.05, 4.69) is 0 Å². The molecule has 0 aliphatic carbocycles. The first-order valence-electron chi connectivity index (χ1n) is 12.3. The van der Waals surface area contributed by atoms with Gasteiger partial charge in [-0.15, -0.1) is 0 Å². The van der Waals surface area contributed by atoms with Gasteiger partial charge in [-0.05, 0) is 36.4 Å². The smallest absolute Gasteiger partial charge is 0.338 e. The number of aromatic hydroxyl groups is 6. The summed E-state index contributed by atoms with van der Waals surface area (Å²) in [5.74, 6) is -5.56. The average molecular weight is 584 g/mol. The number of carbonyl (C=O) groups is 1. The number of aliphatic hydroxyl groups excluding tert-OH is 3. The molecule has 1 aliphatic rings. The van der Waals surface area contributed by atoms with Gasteiger partial charge in [0.2, 0.25) is 0 Å². The van der Waals surface area contributed by atoms with E-state index in [-0.39, 0.29) is 17.1 Å². The van der Waals surface area contributed by atoms with Gasteiger partial charge in [-0.3, -0.25) is 4.79 Å². The molecule has 0 saturated carbocycles. The number of aliphatic hydroxyl groups is 3. The van der Waals surface area contributed by atoms with Crippen LogP contribution < -0.4 is 5.43 Å². The van der Waals surface area contributed by atoms with Gasteiger partial charge in [0.1, 0.15) is 58.4 Å². The van der Waals surface area contributed by atoms with Crippen molar-refractivity contribution in [3.63, 3.8) is 0 Å². The number of carbonyl (C=O) groups excluding carboxylic acids is 1. The van der Waals surface area contributed by atoms with E-state index >= 15 is 0 Å². The summed E-state index contributed by atoms with van der Waals surface area (Å²) in [4.78, 5) is 26.0. The molecule has 14 nitrogen and oxygen atoms in total. The molecule has 4 aromatic rings. The van der Waals surface area contributed by atoms with E-state index in [0.29, 0.717) is 5.56 Å². The van der Waals surface area contributed by atoms with Gasteiger partial charge in [0.05, 0.1) is 17.7 Å². The van der Waals surface area contributed by atoms with Crippen LogP contribution in [-0.2, 0) is 9.47 Å². The first-order valence-corrected chi connectivity index (χ1v) is 12.3. The Bertz CT molecular complexity index is 1700. The third kappa shape index (κ3) is 4.88. The zero-order valence-corrected chi connectivity index (χ0v) is 21.3. The Labute approximate surface area is 234 Å². The second-order valence-corrected chi connectivity index (χ2v) is 9.54. The van der Waals surface area contributed by atoms with Crippen LogP contribution in [0.4, 0.5) is 0 Å². The van der Waals surface area contributed by atoms with Crippen molar-refractivity contribution in [2.45, 2.75) is 30.5 Å². The van der Waals surface area contributed by atoms with Gasteiger partial charge in [0.25, 0.3) is 0 Å². The standard InChI is InChI=1S/C28H24O14/c29-9-19-23(36)25(38)27(42-28(39)11-5-15(33)22(35)16(34)6-11)26(41-19)21-14(32)8-18-20(24(21)37)13(31)7-17(40-18)10-1-3-12(30)4-2-10/h1-8,19,23,25-27,29-30,32-38H,9H2. The average Bonchev–Trinajstić information content (AvgIpc) is 2.94. The predicted octanol–water partition coefficient (Wildman–Crippen LogP) is 1.07. The van der Waals surface area contributed by atoms with Crippen molar-refractivity contribution >= 4 is 16.9 Å². The summed E-state index contributed by atoms with van der Waals surface area (Å²) in [7, 11) is 0. The Balaban J connectivity index is 1.60. The normalized spacial score (nSPS) is 22.2. The second kappa shape index (κ2) is 10.8. The van der Waals surface area contributed by atoms with Crippen LogP contribution in [0.3, 0.4) is 0 Å². The molecular weight excluding hydrogens is 560 g/mol. The van der Waals surface area contributed by atoms with E-state index < -0.39 is 93.8 Å². The zero-order chi connectivity index (χ0) is 30.5. The highest BCUT2D eigenvalue weighted by molar-refractivity contribution is 5.91. The van der Waals surface area contributed by atoms with Gasteiger partial charge in [-0.1, -0.05) is 0 Å². The largest absolute Gasteiger partial charge is 0.508 e. The van der Waals surface area contributed by atoms with Crippen molar-refractivity contribution in [2.75, 3.05) is 6.61 Å². The van der Waals surface area contributed by atoms with E-state index in [1.165, 1.54) is 24.3 Å². The minimum absolute atomic E-state index is 0.0305. The highest BCUT2D eigenvalue weighted by Crippen LogP contribution is 2.46. The van der Waals surface area contributed by atoms with Crippen LogP contribution in [0, 0.1) is 0 Å². The van der Waals surface area contributed by atoms with Crippen LogP contribution >= 0.6 is 0 Å². The highest BCUT2D eigenvalue weighted by Gasteiger charge is 2.49. The van der Waals surface area contributed by atoms with Crippen LogP contribution in [0.15, 0.2) is 57.7 Å². The van der Waals surface area contributed by atoms with Crippen LogP contribution in [0.5, 0.6) is 34.5 Å². The van der Waals surface area contributed by atoms with Crippen LogP contribution in [0.25, 0.3) is 22.3 Å². The van der Waals surface area contributed by atoms with Gasteiger partial charge in [-0.2, -0.15) is 0 Å². The Morgan fingerprint density at radius 3 is 2.10 bits per heavy atom. The fourth-order valence-electron chi connectivity index (χ4n) is 4.72. The quantitative estimate of drug-likeness (QED) is 0.118. The lowest BCUT2D eigenvalue weighted by Gasteiger charge is -2.42. The number of phenols is 6. The van der Waals surface area contributed by atoms with E-state index in [1.54, 1.807) is 0 Å². The van der Waals surface area contributed by atoms with Crippen molar-refractivity contribution in [3.8, 4) is 45.8 Å². The first-order chi connectivity index (χ1) is 19.9. The molecule has 9 N–H and O–H groups in total. The Morgan fingerprint density at radius 1 is 0.833 bits per heavy atom. The minimum atomic E-state index is -1.98. The topological polar surface area (TPSA) is 248 Å². The third-order valence-electron chi connectivity index (χ3n) is 6.86. The van der Waals surface area contributed by atoms with Crippen LogP contribution in [0.2, 0.25) is 0 Å². The third-order valence-corrected chi connectivity index (χ3v) is 6.86. The zero-order valence-electron chi connectivity index (χ0n) is 21.3. The molecule has 5 unspecified atom stereocenters. The lowest BCUT2D eigenvalue weighted by Crippen LogP contribution is -2.56.